The summed E-state index contributed by atoms with van der Waals surface area (Å²) in [6.45, 7) is 2.81. The number of anilines is 1. The summed E-state index contributed by atoms with van der Waals surface area (Å²) in [5, 5.41) is 9.81. The van der Waals surface area contributed by atoms with Crippen LogP contribution in [0.3, 0.4) is 0 Å². The van der Waals surface area contributed by atoms with Crippen LogP contribution < -0.4 is 10.5 Å². The van der Waals surface area contributed by atoms with Crippen LogP contribution in [0, 0.1) is 11.3 Å². The Hall–Kier alpha value is -2.12. The molecule has 5 heteroatoms. The number of ether oxygens (including phenoxy) is 1. The van der Waals surface area contributed by atoms with E-state index in [9.17, 15) is 0 Å². The van der Waals surface area contributed by atoms with Crippen molar-refractivity contribution >= 4 is 17.3 Å². The van der Waals surface area contributed by atoms with Gasteiger partial charge in [0.05, 0.1) is 18.8 Å². The summed E-state index contributed by atoms with van der Waals surface area (Å²) in [5.41, 5.74) is 7.70. The third-order valence-electron chi connectivity index (χ3n) is 2.76. The molecule has 0 saturated carbocycles. The maximum Gasteiger partial charge on any atom is 0.218 e. The molecule has 1 heterocycles. The van der Waals surface area contributed by atoms with E-state index >= 15 is 0 Å². The first-order valence-corrected chi connectivity index (χ1v) is 6.30. The number of hydrogen-bond acceptors (Lipinski definition) is 3. The molecule has 2 rings (SSSR count). The summed E-state index contributed by atoms with van der Waals surface area (Å²) in [5.74, 6) is 0.513. The summed E-state index contributed by atoms with van der Waals surface area (Å²) >= 11 is 6.14. The molecule has 98 valence electrons. The Morgan fingerprint density at radius 3 is 2.79 bits per heavy atom. The number of nitrogens with two attached hydrogens (primary N) is 1. The lowest BCUT2D eigenvalue weighted by atomic mass is 10.2. The highest BCUT2D eigenvalue weighted by molar-refractivity contribution is 6.31. The SMILES string of the molecule is CCOc1c(N)cc(C#N)n1Cc1ccccc1Cl. The molecule has 2 N–H and O–H groups in total. The first-order chi connectivity index (χ1) is 9.17. The molecule has 1 aromatic carbocycles. The Labute approximate surface area is 117 Å². The predicted molar refractivity (Wildman–Crippen MR) is 75.3 cm³/mol. The number of hydrogen-bond donors (Lipinski definition) is 1. The maximum atomic E-state index is 9.16. The van der Waals surface area contributed by atoms with Gasteiger partial charge in [-0.05, 0) is 18.6 Å². The molecule has 0 amide bonds. The molecule has 4 nitrogen and oxygen atoms in total. The van der Waals surface area contributed by atoms with Gasteiger partial charge in [-0.25, -0.2) is 0 Å². The summed E-state index contributed by atoms with van der Waals surface area (Å²) in [6, 6.07) is 11.2. The lowest BCUT2D eigenvalue weighted by Gasteiger charge is -2.12. The standard InChI is InChI=1S/C14H14ClN3O/c1-2-19-14-13(17)7-11(8-16)18(14)9-10-5-3-4-6-12(10)15/h3-7H,2,9,17H2,1H3. The fourth-order valence-corrected chi connectivity index (χ4v) is 2.09. The van der Waals surface area contributed by atoms with E-state index in [0.29, 0.717) is 35.4 Å². The van der Waals surface area contributed by atoms with Gasteiger partial charge in [0.2, 0.25) is 5.88 Å². The number of aromatic nitrogens is 1. The number of benzene rings is 1. The van der Waals surface area contributed by atoms with E-state index in [-0.39, 0.29) is 0 Å². The van der Waals surface area contributed by atoms with Gasteiger partial charge in [0, 0.05) is 11.1 Å². The monoisotopic (exact) mass is 275 g/mol. The highest BCUT2D eigenvalue weighted by atomic mass is 35.5. The van der Waals surface area contributed by atoms with Crippen molar-refractivity contribution in [2.24, 2.45) is 0 Å². The second-order valence-electron chi connectivity index (χ2n) is 4.01. The molecular formula is C14H14ClN3O. The van der Waals surface area contributed by atoms with Gasteiger partial charge in [-0.15, -0.1) is 0 Å². The van der Waals surface area contributed by atoms with E-state index < -0.39 is 0 Å². The molecule has 0 unspecified atom stereocenters. The van der Waals surface area contributed by atoms with Crippen molar-refractivity contribution in [3.05, 3.63) is 46.6 Å². The van der Waals surface area contributed by atoms with Crippen LogP contribution in [-0.4, -0.2) is 11.2 Å². The van der Waals surface area contributed by atoms with Crippen molar-refractivity contribution in [2.75, 3.05) is 12.3 Å². The summed E-state index contributed by atoms with van der Waals surface area (Å²) < 4.78 is 7.24. The van der Waals surface area contributed by atoms with Crippen molar-refractivity contribution in [3.8, 4) is 11.9 Å². The minimum Gasteiger partial charge on any atom is -0.478 e. The topological polar surface area (TPSA) is 64.0 Å². The van der Waals surface area contributed by atoms with Crippen LogP contribution >= 0.6 is 11.6 Å². The Bertz CT molecular complexity index is 628. The third-order valence-corrected chi connectivity index (χ3v) is 3.13. The average Bonchev–Trinajstić information content (AvgIpc) is 2.70. The van der Waals surface area contributed by atoms with Gasteiger partial charge in [0.15, 0.2) is 0 Å². The summed E-state index contributed by atoms with van der Waals surface area (Å²) in [6.07, 6.45) is 0. The number of nitriles is 1. The molecule has 0 atom stereocenters. The van der Waals surface area contributed by atoms with E-state index in [1.807, 2.05) is 31.2 Å². The Kier molecular flexibility index (Phi) is 3.98. The number of halogens is 1. The zero-order valence-electron chi connectivity index (χ0n) is 10.6. The van der Waals surface area contributed by atoms with Gasteiger partial charge in [-0.3, -0.25) is 4.57 Å². The van der Waals surface area contributed by atoms with Crippen molar-refractivity contribution in [1.29, 1.82) is 5.26 Å². The van der Waals surface area contributed by atoms with Crippen molar-refractivity contribution in [2.45, 2.75) is 13.5 Å². The smallest absolute Gasteiger partial charge is 0.218 e. The highest BCUT2D eigenvalue weighted by Crippen LogP contribution is 2.28. The van der Waals surface area contributed by atoms with Gasteiger partial charge in [0.1, 0.15) is 11.8 Å². The lowest BCUT2D eigenvalue weighted by Crippen LogP contribution is -2.07. The molecular weight excluding hydrogens is 262 g/mol. The zero-order chi connectivity index (χ0) is 13.8. The Balaban J connectivity index is 2.44. The number of nitrogen functional groups attached to an aromatic ring is 1. The van der Waals surface area contributed by atoms with Crippen LogP contribution in [-0.2, 0) is 6.54 Å². The molecule has 0 radical (unpaired) electrons. The predicted octanol–water partition coefficient (Wildman–Crippen LogP) is 3.04. The molecule has 2 aromatic rings. The fraction of sp³-hybridized carbons (Fsp3) is 0.214. The van der Waals surface area contributed by atoms with Crippen molar-refractivity contribution in [1.82, 2.24) is 4.57 Å². The fourth-order valence-electron chi connectivity index (χ4n) is 1.90. The lowest BCUT2D eigenvalue weighted by molar-refractivity contribution is 0.313. The molecule has 0 fully saturated rings. The number of rotatable bonds is 4. The largest absolute Gasteiger partial charge is 0.478 e. The zero-order valence-corrected chi connectivity index (χ0v) is 11.3. The minimum atomic E-state index is 0.453. The normalized spacial score (nSPS) is 10.2. The molecule has 19 heavy (non-hydrogen) atoms. The van der Waals surface area contributed by atoms with E-state index in [4.69, 9.17) is 27.3 Å². The van der Waals surface area contributed by atoms with E-state index in [1.54, 1.807) is 10.6 Å². The average molecular weight is 276 g/mol. The van der Waals surface area contributed by atoms with Crippen LogP contribution in [0.2, 0.25) is 5.02 Å². The number of nitrogens with zero attached hydrogens (tertiary/aromatic N) is 2. The van der Waals surface area contributed by atoms with E-state index in [2.05, 4.69) is 6.07 Å². The quantitative estimate of drug-likeness (QED) is 0.933. The van der Waals surface area contributed by atoms with Crippen LogP contribution in [0.5, 0.6) is 5.88 Å². The Morgan fingerprint density at radius 1 is 1.42 bits per heavy atom. The van der Waals surface area contributed by atoms with E-state index in [1.165, 1.54) is 0 Å². The maximum absolute atomic E-state index is 9.16. The van der Waals surface area contributed by atoms with Gasteiger partial charge in [0.25, 0.3) is 0 Å². The molecule has 0 aliphatic carbocycles. The summed E-state index contributed by atoms with van der Waals surface area (Å²) in [4.78, 5) is 0. The molecule has 1 aromatic heterocycles. The second kappa shape index (κ2) is 5.68. The van der Waals surface area contributed by atoms with Gasteiger partial charge >= 0.3 is 0 Å². The van der Waals surface area contributed by atoms with E-state index in [0.717, 1.165) is 5.56 Å². The molecule has 0 saturated heterocycles. The summed E-state index contributed by atoms with van der Waals surface area (Å²) in [7, 11) is 0. The second-order valence-corrected chi connectivity index (χ2v) is 4.42. The van der Waals surface area contributed by atoms with Gasteiger partial charge in [-0.1, -0.05) is 29.8 Å². The Morgan fingerprint density at radius 2 is 2.16 bits per heavy atom. The van der Waals surface area contributed by atoms with Crippen molar-refractivity contribution < 1.29 is 4.74 Å². The highest BCUT2D eigenvalue weighted by Gasteiger charge is 2.15. The molecule has 0 aliphatic rings. The van der Waals surface area contributed by atoms with Crippen LogP contribution in [0.1, 0.15) is 18.2 Å². The molecule has 0 spiro atoms. The molecule has 0 bridgehead atoms. The first-order valence-electron chi connectivity index (χ1n) is 5.92. The van der Waals surface area contributed by atoms with Crippen LogP contribution in [0.25, 0.3) is 0 Å². The first kappa shape index (κ1) is 13.3. The van der Waals surface area contributed by atoms with Gasteiger partial charge < -0.3 is 10.5 Å². The third kappa shape index (κ3) is 2.67. The van der Waals surface area contributed by atoms with Crippen LogP contribution in [0.15, 0.2) is 30.3 Å². The van der Waals surface area contributed by atoms with Crippen molar-refractivity contribution in [3.63, 3.8) is 0 Å². The van der Waals surface area contributed by atoms with Crippen LogP contribution in [0.4, 0.5) is 5.69 Å². The molecule has 0 aliphatic heterocycles. The minimum absolute atomic E-state index is 0.453. The van der Waals surface area contributed by atoms with Gasteiger partial charge in [-0.2, -0.15) is 5.26 Å².